The first kappa shape index (κ1) is 16.0. The molecule has 0 spiro atoms. The summed E-state index contributed by atoms with van der Waals surface area (Å²) in [5.41, 5.74) is 3.66. The fourth-order valence-corrected chi connectivity index (χ4v) is 2.82. The SMILES string of the molecule is Cc1c(NN)nc(C(C)C)nc1N1CCC(C(C)O)CC1. The Morgan fingerprint density at radius 1 is 1.24 bits per heavy atom. The number of nitrogens with two attached hydrogens (primary N) is 1. The van der Waals surface area contributed by atoms with Gasteiger partial charge in [-0.15, -0.1) is 0 Å². The quantitative estimate of drug-likeness (QED) is 0.579. The van der Waals surface area contributed by atoms with E-state index in [0.29, 0.717) is 11.7 Å². The van der Waals surface area contributed by atoms with Gasteiger partial charge in [0.15, 0.2) is 0 Å². The zero-order chi connectivity index (χ0) is 15.6. The molecule has 0 amide bonds. The van der Waals surface area contributed by atoms with E-state index in [1.807, 2.05) is 13.8 Å². The first-order valence-electron chi connectivity index (χ1n) is 7.72. The number of hydrogen-bond acceptors (Lipinski definition) is 6. The summed E-state index contributed by atoms with van der Waals surface area (Å²) in [5, 5.41) is 9.72. The second kappa shape index (κ2) is 6.58. The van der Waals surface area contributed by atoms with Crippen LogP contribution in [0.5, 0.6) is 0 Å². The van der Waals surface area contributed by atoms with Crippen LogP contribution < -0.4 is 16.2 Å². The second-order valence-electron chi connectivity index (χ2n) is 6.24. The van der Waals surface area contributed by atoms with Gasteiger partial charge in [-0.3, -0.25) is 0 Å². The number of anilines is 2. The number of hydrogen-bond donors (Lipinski definition) is 3. The molecule has 1 unspecified atom stereocenters. The Balaban J connectivity index is 2.25. The zero-order valence-corrected chi connectivity index (χ0v) is 13.4. The highest BCUT2D eigenvalue weighted by Crippen LogP contribution is 2.29. The molecule has 2 rings (SSSR count). The third kappa shape index (κ3) is 3.44. The van der Waals surface area contributed by atoms with Crippen LogP contribution in [0.25, 0.3) is 0 Å². The molecular weight excluding hydrogens is 266 g/mol. The van der Waals surface area contributed by atoms with Crippen molar-refractivity contribution in [2.75, 3.05) is 23.4 Å². The summed E-state index contributed by atoms with van der Waals surface area (Å²) in [6.45, 7) is 9.85. The van der Waals surface area contributed by atoms with Crippen LogP contribution in [0.4, 0.5) is 11.6 Å². The Hall–Kier alpha value is -1.40. The summed E-state index contributed by atoms with van der Waals surface area (Å²) in [4.78, 5) is 11.5. The van der Waals surface area contributed by atoms with Gasteiger partial charge in [-0.05, 0) is 32.6 Å². The molecule has 21 heavy (non-hydrogen) atoms. The number of piperidine rings is 1. The predicted molar refractivity (Wildman–Crippen MR) is 85.3 cm³/mol. The molecule has 0 aliphatic carbocycles. The number of aliphatic hydroxyl groups excluding tert-OH is 1. The van der Waals surface area contributed by atoms with Gasteiger partial charge in [-0.2, -0.15) is 0 Å². The maximum absolute atomic E-state index is 9.72. The average molecular weight is 293 g/mol. The number of aromatic nitrogens is 2. The van der Waals surface area contributed by atoms with E-state index >= 15 is 0 Å². The van der Waals surface area contributed by atoms with Gasteiger partial charge in [-0.25, -0.2) is 15.8 Å². The summed E-state index contributed by atoms with van der Waals surface area (Å²) < 4.78 is 0. The molecule has 1 aliphatic rings. The minimum Gasteiger partial charge on any atom is -0.393 e. The van der Waals surface area contributed by atoms with E-state index in [0.717, 1.165) is 43.1 Å². The van der Waals surface area contributed by atoms with Gasteiger partial charge in [0.1, 0.15) is 17.5 Å². The van der Waals surface area contributed by atoms with E-state index in [4.69, 9.17) is 10.8 Å². The standard InChI is InChI=1S/C15H27N5O/c1-9(2)13-17-14(19-16)10(3)15(18-13)20-7-5-12(6-8-20)11(4)21/h9,11-12,21H,5-8,16H2,1-4H3,(H,17,18,19). The Kier molecular flexibility index (Phi) is 5.00. The van der Waals surface area contributed by atoms with Crippen LogP contribution in [0, 0.1) is 12.8 Å². The number of rotatable bonds is 4. The van der Waals surface area contributed by atoms with Crippen molar-refractivity contribution < 1.29 is 5.11 Å². The molecule has 1 fully saturated rings. The lowest BCUT2D eigenvalue weighted by Gasteiger charge is -2.35. The lowest BCUT2D eigenvalue weighted by Crippen LogP contribution is -2.38. The van der Waals surface area contributed by atoms with Gasteiger partial charge >= 0.3 is 0 Å². The van der Waals surface area contributed by atoms with Crippen molar-refractivity contribution in [2.24, 2.45) is 11.8 Å². The Bertz CT molecular complexity index is 481. The van der Waals surface area contributed by atoms with Crippen LogP contribution in [0.1, 0.15) is 50.9 Å². The molecule has 6 nitrogen and oxygen atoms in total. The summed E-state index contributed by atoms with van der Waals surface area (Å²) >= 11 is 0. The monoisotopic (exact) mass is 293 g/mol. The Morgan fingerprint density at radius 3 is 2.33 bits per heavy atom. The highest BCUT2D eigenvalue weighted by molar-refractivity contribution is 5.58. The second-order valence-corrected chi connectivity index (χ2v) is 6.24. The van der Waals surface area contributed by atoms with Crippen LogP contribution in [-0.4, -0.2) is 34.3 Å². The van der Waals surface area contributed by atoms with E-state index in [9.17, 15) is 5.11 Å². The van der Waals surface area contributed by atoms with Gasteiger partial charge in [0.25, 0.3) is 0 Å². The fraction of sp³-hybridized carbons (Fsp3) is 0.733. The lowest BCUT2D eigenvalue weighted by atomic mass is 9.92. The van der Waals surface area contributed by atoms with Gasteiger partial charge in [0, 0.05) is 24.6 Å². The van der Waals surface area contributed by atoms with Crippen LogP contribution in [0.2, 0.25) is 0 Å². The van der Waals surface area contributed by atoms with Crippen LogP contribution in [0.15, 0.2) is 0 Å². The van der Waals surface area contributed by atoms with Crippen molar-refractivity contribution >= 4 is 11.6 Å². The molecule has 0 aromatic carbocycles. The van der Waals surface area contributed by atoms with Crippen molar-refractivity contribution in [3.63, 3.8) is 0 Å². The van der Waals surface area contributed by atoms with Gasteiger partial charge in [0.2, 0.25) is 0 Å². The first-order chi connectivity index (χ1) is 9.93. The van der Waals surface area contributed by atoms with Crippen molar-refractivity contribution in [3.8, 4) is 0 Å². The van der Waals surface area contributed by atoms with Gasteiger partial charge in [-0.1, -0.05) is 13.8 Å². The molecule has 1 aromatic rings. The highest BCUT2D eigenvalue weighted by atomic mass is 16.3. The maximum Gasteiger partial charge on any atom is 0.148 e. The molecule has 118 valence electrons. The molecule has 1 saturated heterocycles. The van der Waals surface area contributed by atoms with E-state index in [-0.39, 0.29) is 12.0 Å². The predicted octanol–water partition coefficient (Wildman–Crippen LogP) is 1.79. The molecule has 0 bridgehead atoms. The van der Waals surface area contributed by atoms with Crippen LogP contribution in [-0.2, 0) is 0 Å². The minimum absolute atomic E-state index is 0.230. The molecule has 4 N–H and O–H groups in total. The minimum atomic E-state index is -0.230. The van der Waals surface area contributed by atoms with E-state index in [1.54, 1.807) is 0 Å². The summed E-state index contributed by atoms with van der Waals surface area (Å²) in [6, 6.07) is 0. The first-order valence-corrected chi connectivity index (χ1v) is 7.72. The third-order valence-electron chi connectivity index (χ3n) is 4.31. The maximum atomic E-state index is 9.72. The van der Waals surface area contributed by atoms with Gasteiger partial charge in [0.05, 0.1) is 6.10 Å². The third-order valence-corrected chi connectivity index (χ3v) is 4.31. The van der Waals surface area contributed by atoms with Crippen molar-refractivity contribution in [2.45, 2.75) is 52.6 Å². The average Bonchev–Trinajstić information content (AvgIpc) is 2.47. The molecule has 1 aliphatic heterocycles. The normalized spacial score (nSPS) is 18.1. The number of aliphatic hydroxyl groups is 1. The lowest BCUT2D eigenvalue weighted by molar-refractivity contribution is 0.109. The number of nitrogens with one attached hydrogen (secondary N) is 1. The molecule has 1 atom stereocenters. The smallest absolute Gasteiger partial charge is 0.148 e. The summed E-state index contributed by atoms with van der Waals surface area (Å²) in [6.07, 6.45) is 1.75. The fourth-order valence-electron chi connectivity index (χ4n) is 2.82. The van der Waals surface area contributed by atoms with Crippen LogP contribution in [0.3, 0.4) is 0 Å². The highest BCUT2D eigenvalue weighted by Gasteiger charge is 2.25. The van der Waals surface area contributed by atoms with E-state index in [2.05, 4.69) is 29.2 Å². The Labute approximate surface area is 126 Å². The van der Waals surface area contributed by atoms with Gasteiger partial charge < -0.3 is 15.4 Å². The summed E-state index contributed by atoms with van der Waals surface area (Å²) in [7, 11) is 0. The molecule has 2 heterocycles. The largest absolute Gasteiger partial charge is 0.393 e. The van der Waals surface area contributed by atoms with Crippen LogP contribution >= 0.6 is 0 Å². The molecule has 0 radical (unpaired) electrons. The number of nitrogen functional groups attached to an aromatic ring is 1. The number of nitrogens with zero attached hydrogens (tertiary/aromatic N) is 3. The summed E-state index contributed by atoms with van der Waals surface area (Å²) in [5.74, 6) is 8.70. The van der Waals surface area contributed by atoms with Crippen molar-refractivity contribution in [1.29, 1.82) is 0 Å². The van der Waals surface area contributed by atoms with E-state index in [1.165, 1.54) is 0 Å². The zero-order valence-electron chi connectivity index (χ0n) is 13.4. The topological polar surface area (TPSA) is 87.3 Å². The van der Waals surface area contributed by atoms with E-state index < -0.39 is 0 Å². The van der Waals surface area contributed by atoms with Crippen molar-refractivity contribution in [1.82, 2.24) is 9.97 Å². The molecule has 6 heteroatoms. The molecule has 1 aromatic heterocycles. The Morgan fingerprint density at radius 2 is 1.86 bits per heavy atom. The molecular formula is C15H27N5O. The molecule has 0 saturated carbocycles. The number of hydrazine groups is 1. The van der Waals surface area contributed by atoms with Crippen molar-refractivity contribution in [3.05, 3.63) is 11.4 Å².